The third-order valence-electron chi connectivity index (χ3n) is 4.84. The highest BCUT2D eigenvalue weighted by Gasteiger charge is 2.27. The van der Waals surface area contributed by atoms with Gasteiger partial charge in [-0.2, -0.15) is 4.99 Å². The molecule has 6 nitrogen and oxygen atoms in total. The van der Waals surface area contributed by atoms with E-state index in [-0.39, 0.29) is 17.1 Å². The number of hydrogen-bond donors (Lipinski definition) is 1. The zero-order chi connectivity index (χ0) is 19.5. The second-order valence-electron chi connectivity index (χ2n) is 6.70. The number of nitrogens with zero attached hydrogens (tertiary/aromatic N) is 2. The Morgan fingerprint density at radius 3 is 2.93 bits per heavy atom. The maximum absolute atomic E-state index is 12.8. The third kappa shape index (κ3) is 3.82. The average molecular weight is 393 g/mol. The molecule has 2 aromatic rings. The van der Waals surface area contributed by atoms with Gasteiger partial charge in [-0.15, -0.1) is 6.42 Å². The molecule has 28 heavy (non-hydrogen) atoms. The number of nitrogens with one attached hydrogen (secondary N) is 1. The number of aliphatic imine (C=N–C) groups is 1. The maximum atomic E-state index is 12.8. The number of allylic oxidation sites excluding steroid dienone is 1. The summed E-state index contributed by atoms with van der Waals surface area (Å²) in [5.74, 6) is 3.62. The van der Waals surface area contributed by atoms with Crippen molar-refractivity contribution in [2.24, 2.45) is 10.9 Å². The van der Waals surface area contributed by atoms with E-state index in [0.717, 1.165) is 40.5 Å². The van der Waals surface area contributed by atoms with Gasteiger partial charge < -0.3 is 14.6 Å². The number of benzene rings is 1. The van der Waals surface area contributed by atoms with Crippen molar-refractivity contribution >= 4 is 39.7 Å². The molecule has 3 heterocycles. The van der Waals surface area contributed by atoms with Crippen molar-refractivity contribution in [1.29, 1.82) is 0 Å². The first-order valence-electron chi connectivity index (χ1n) is 9.12. The lowest BCUT2D eigenvalue weighted by molar-refractivity contribution is 0.0675. The van der Waals surface area contributed by atoms with Crippen LogP contribution in [0.25, 0.3) is 11.0 Å². The molecule has 0 unspecified atom stereocenters. The van der Waals surface area contributed by atoms with Crippen molar-refractivity contribution < 1.29 is 14.0 Å². The molecule has 1 fully saturated rings. The van der Waals surface area contributed by atoms with E-state index in [1.165, 1.54) is 0 Å². The molecule has 2 aliphatic rings. The summed E-state index contributed by atoms with van der Waals surface area (Å²) < 4.78 is 5.70. The number of thioether (sulfide) groups is 1. The summed E-state index contributed by atoms with van der Waals surface area (Å²) in [5.41, 5.74) is 0.722. The predicted octanol–water partition coefficient (Wildman–Crippen LogP) is 3.66. The number of likely N-dealkylation sites (tertiary alicyclic amines) is 1. The second-order valence-corrected chi connectivity index (χ2v) is 7.69. The van der Waals surface area contributed by atoms with Gasteiger partial charge in [-0.1, -0.05) is 30.2 Å². The Morgan fingerprint density at radius 2 is 2.18 bits per heavy atom. The van der Waals surface area contributed by atoms with Crippen LogP contribution >= 0.6 is 11.8 Å². The van der Waals surface area contributed by atoms with Crippen LogP contribution < -0.4 is 5.32 Å². The number of amidine groups is 1. The predicted molar refractivity (Wildman–Crippen MR) is 110 cm³/mol. The molecule has 0 spiro atoms. The van der Waals surface area contributed by atoms with Crippen LogP contribution in [-0.2, 0) is 0 Å². The normalized spacial score (nSPS) is 19.1. The Hall–Kier alpha value is -2.98. The van der Waals surface area contributed by atoms with Gasteiger partial charge in [-0.3, -0.25) is 9.59 Å². The number of fused-ring (bicyclic) bond motifs is 1. The number of terminal acetylenes is 1. The van der Waals surface area contributed by atoms with E-state index in [9.17, 15) is 9.59 Å². The Balaban J connectivity index is 1.39. The smallest absolute Gasteiger partial charge is 0.311 e. The molecular weight excluding hydrogens is 374 g/mol. The van der Waals surface area contributed by atoms with Gasteiger partial charge in [0.2, 0.25) is 0 Å². The van der Waals surface area contributed by atoms with Crippen molar-refractivity contribution in [1.82, 2.24) is 10.2 Å². The molecule has 0 aliphatic carbocycles. The topological polar surface area (TPSA) is 74.9 Å². The summed E-state index contributed by atoms with van der Waals surface area (Å²) >= 11 is 1.12. The fourth-order valence-corrected chi connectivity index (χ4v) is 4.21. The zero-order valence-electron chi connectivity index (χ0n) is 15.2. The summed E-state index contributed by atoms with van der Waals surface area (Å²) in [6, 6.07) is 9.40. The summed E-state index contributed by atoms with van der Waals surface area (Å²) in [5, 5.41) is 3.69. The molecule has 0 radical (unpaired) electrons. The largest absolute Gasteiger partial charge is 0.451 e. The van der Waals surface area contributed by atoms with Crippen LogP contribution in [0.5, 0.6) is 0 Å². The van der Waals surface area contributed by atoms with Crippen LogP contribution in [0.2, 0.25) is 0 Å². The van der Waals surface area contributed by atoms with Gasteiger partial charge >= 0.3 is 5.24 Å². The number of para-hydroxylation sites is 1. The van der Waals surface area contributed by atoms with Gasteiger partial charge in [0.05, 0.1) is 11.4 Å². The van der Waals surface area contributed by atoms with Gasteiger partial charge in [-0.25, -0.2) is 0 Å². The molecule has 4 rings (SSSR count). The molecule has 1 saturated heterocycles. The molecular formula is C21H19N3O3S. The van der Waals surface area contributed by atoms with Gasteiger partial charge in [-0.05, 0) is 42.7 Å². The van der Waals surface area contributed by atoms with Crippen LogP contribution in [-0.4, -0.2) is 41.5 Å². The van der Waals surface area contributed by atoms with Crippen molar-refractivity contribution in [2.75, 3.05) is 19.6 Å². The minimum atomic E-state index is -0.233. The summed E-state index contributed by atoms with van der Waals surface area (Å²) in [4.78, 5) is 31.0. The number of piperidine rings is 1. The quantitative estimate of drug-likeness (QED) is 0.806. The van der Waals surface area contributed by atoms with Crippen molar-refractivity contribution in [3.63, 3.8) is 0 Å². The van der Waals surface area contributed by atoms with E-state index in [1.807, 2.05) is 29.2 Å². The highest BCUT2D eigenvalue weighted by atomic mass is 32.2. The third-order valence-corrected chi connectivity index (χ3v) is 5.66. The van der Waals surface area contributed by atoms with E-state index in [0.29, 0.717) is 31.2 Å². The second kappa shape index (κ2) is 7.95. The van der Waals surface area contributed by atoms with Crippen LogP contribution in [0.3, 0.4) is 0 Å². The van der Waals surface area contributed by atoms with Crippen LogP contribution in [0.15, 0.2) is 50.7 Å². The fraction of sp³-hybridized carbons (Fsp3) is 0.286. The molecule has 142 valence electrons. The summed E-state index contributed by atoms with van der Waals surface area (Å²) in [6.45, 7) is 1.62. The Morgan fingerprint density at radius 1 is 1.39 bits per heavy atom. The number of furan rings is 1. The molecule has 0 bridgehead atoms. The van der Waals surface area contributed by atoms with E-state index < -0.39 is 0 Å². The summed E-state index contributed by atoms with van der Waals surface area (Å²) in [6.07, 6.45) is 8.99. The van der Waals surface area contributed by atoms with Crippen molar-refractivity contribution in [2.45, 2.75) is 12.8 Å². The average Bonchev–Trinajstić information content (AvgIpc) is 3.29. The summed E-state index contributed by atoms with van der Waals surface area (Å²) in [7, 11) is 0. The highest BCUT2D eigenvalue weighted by Crippen LogP contribution is 2.31. The maximum Gasteiger partial charge on any atom is 0.311 e. The van der Waals surface area contributed by atoms with E-state index in [2.05, 4.69) is 22.3 Å². The lowest BCUT2D eigenvalue weighted by Gasteiger charge is -2.30. The number of carbonyl (C=O) groups is 2. The van der Waals surface area contributed by atoms with Crippen LogP contribution in [0.4, 0.5) is 4.79 Å². The first-order chi connectivity index (χ1) is 13.6. The monoisotopic (exact) mass is 393 g/mol. The first kappa shape index (κ1) is 18.4. The highest BCUT2D eigenvalue weighted by molar-refractivity contribution is 8.18. The van der Waals surface area contributed by atoms with E-state index in [4.69, 9.17) is 10.8 Å². The Labute approximate surface area is 167 Å². The standard InChI is InChI=1S/C21H19N3O3S/c1-2-9-22-19-18(28-21(26)23-19)12-14-7-10-24(11-8-14)20(25)17-13-15-5-3-4-6-16(15)27-17/h1,3-6,12-14H,7-11H2,(H,22,23,26). The lowest BCUT2D eigenvalue weighted by atomic mass is 9.96. The molecule has 2 aliphatic heterocycles. The van der Waals surface area contributed by atoms with Gasteiger partial charge in [0.15, 0.2) is 5.76 Å². The number of amides is 2. The van der Waals surface area contributed by atoms with Gasteiger partial charge in [0.1, 0.15) is 11.4 Å². The van der Waals surface area contributed by atoms with E-state index >= 15 is 0 Å². The number of hydrogen-bond acceptors (Lipinski definition) is 5. The molecule has 2 amide bonds. The zero-order valence-corrected chi connectivity index (χ0v) is 16.0. The molecule has 0 atom stereocenters. The molecule has 0 saturated carbocycles. The number of carbonyl (C=O) groups excluding carboxylic acids is 2. The van der Waals surface area contributed by atoms with Crippen molar-refractivity contribution in [3.05, 3.63) is 47.1 Å². The Kier molecular flexibility index (Phi) is 5.22. The Bertz CT molecular complexity index is 990. The van der Waals surface area contributed by atoms with E-state index in [1.54, 1.807) is 6.07 Å². The fourth-order valence-electron chi connectivity index (χ4n) is 3.41. The molecule has 1 aromatic heterocycles. The first-order valence-corrected chi connectivity index (χ1v) is 9.93. The lowest BCUT2D eigenvalue weighted by Crippen LogP contribution is -2.38. The molecule has 1 N–H and O–H groups in total. The molecule has 7 heteroatoms. The number of rotatable bonds is 3. The van der Waals surface area contributed by atoms with Crippen LogP contribution in [0, 0.1) is 18.3 Å². The minimum Gasteiger partial charge on any atom is -0.451 e. The van der Waals surface area contributed by atoms with Crippen molar-refractivity contribution in [3.8, 4) is 12.3 Å². The van der Waals surface area contributed by atoms with Crippen LogP contribution in [0.1, 0.15) is 23.4 Å². The minimum absolute atomic E-state index is 0.0781. The van der Waals surface area contributed by atoms with Gasteiger partial charge in [0.25, 0.3) is 5.91 Å². The molecule has 1 aromatic carbocycles. The van der Waals surface area contributed by atoms with Gasteiger partial charge in [0, 0.05) is 18.5 Å². The SMILES string of the molecule is C#CCNC1=NC(=O)SC1=CC1CCN(C(=O)c2cc3ccccc3o2)CC1.